The molecule has 0 saturated carbocycles. The Balaban J connectivity index is 1.54. The van der Waals surface area contributed by atoms with Crippen LogP contribution in [0.15, 0.2) is 42.9 Å². The Morgan fingerprint density at radius 3 is 2.88 bits per heavy atom. The second kappa shape index (κ2) is 8.32. The largest absolute Gasteiger partial charge is 0.494 e. The maximum atomic E-state index is 12.5. The highest BCUT2D eigenvalue weighted by atomic mass is 16.5. The van der Waals surface area contributed by atoms with Crippen molar-refractivity contribution in [1.29, 1.82) is 0 Å². The lowest BCUT2D eigenvalue weighted by atomic mass is 10.1. The van der Waals surface area contributed by atoms with Crippen LogP contribution in [0.4, 0.5) is 10.5 Å². The highest BCUT2D eigenvalue weighted by molar-refractivity contribution is 5.89. The van der Waals surface area contributed by atoms with Crippen LogP contribution >= 0.6 is 0 Å². The summed E-state index contributed by atoms with van der Waals surface area (Å²) in [7, 11) is 0. The molecule has 1 aliphatic heterocycles. The van der Waals surface area contributed by atoms with E-state index < -0.39 is 0 Å². The third kappa shape index (κ3) is 4.82. The van der Waals surface area contributed by atoms with Crippen LogP contribution in [0.1, 0.15) is 19.8 Å². The summed E-state index contributed by atoms with van der Waals surface area (Å²) < 4.78 is 11.2. The van der Waals surface area contributed by atoms with E-state index in [9.17, 15) is 4.79 Å². The zero-order chi connectivity index (χ0) is 17.5. The van der Waals surface area contributed by atoms with E-state index in [2.05, 4.69) is 15.3 Å². The summed E-state index contributed by atoms with van der Waals surface area (Å²) in [5, 5.41) is 2.91. The number of rotatable bonds is 5. The van der Waals surface area contributed by atoms with E-state index in [0.717, 1.165) is 24.3 Å². The highest BCUT2D eigenvalue weighted by Crippen LogP contribution is 2.19. The predicted molar refractivity (Wildman–Crippen MR) is 93.9 cm³/mol. The third-order valence-corrected chi connectivity index (χ3v) is 3.91. The van der Waals surface area contributed by atoms with Gasteiger partial charge in [-0.2, -0.15) is 0 Å². The van der Waals surface area contributed by atoms with Crippen LogP contribution in [-0.4, -0.2) is 46.7 Å². The lowest BCUT2D eigenvalue weighted by Gasteiger charge is -2.32. The number of aromatic nitrogens is 2. The van der Waals surface area contributed by atoms with Gasteiger partial charge in [0.15, 0.2) is 0 Å². The zero-order valence-corrected chi connectivity index (χ0v) is 14.2. The molecule has 0 radical (unpaired) electrons. The van der Waals surface area contributed by atoms with Crippen molar-refractivity contribution in [3.8, 4) is 11.6 Å². The Hall–Kier alpha value is -2.83. The SMILES string of the molecule is CCOc1ccc(NC(=O)N2CCCC(Oc3cnccn3)C2)cc1. The zero-order valence-electron chi connectivity index (χ0n) is 14.2. The molecule has 1 saturated heterocycles. The number of hydrogen-bond acceptors (Lipinski definition) is 5. The molecule has 1 fully saturated rings. The second-order valence-corrected chi connectivity index (χ2v) is 5.76. The standard InChI is InChI=1S/C18H22N4O3/c1-2-24-15-7-5-14(6-8-15)21-18(23)22-11-3-4-16(13-22)25-17-12-19-9-10-20-17/h5-10,12,16H,2-4,11,13H2,1H3,(H,21,23). The molecule has 132 valence electrons. The van der Waals surface area contributed by atoms with Crippen molar-refractivity contribution in [2.75, 3.05) is 25.0 Å². The number of ether oxygens (including phenoxy) is 2. The number of carbonyl (C=O) groups excluding carboxylic acids is 1. The third-order valence-electron chi connectivity index (χ3n) is 3.91. The fourth-order valence-corrected chi connectivity index (χ4v) is 2.74. The van der Waals surface area contributed by atoms with Crippen molar-refractivity contribution in [2.45, 2.75) is 25.9 Å². The minimum Gasteiger partial charge on any atom is -0.494 e. The topological polar surface area (TPSA) is 76.6 Å². The van der Waals surface area contributed by atoms with Gasteiger partial charge in [-0.1, -0.05) is 0 Å². The first-order valence-electron chi connectivity index (χ1n) is 8.46. The Morgan fingerprint density at radius 2 is 2.16 bits per heavy atom. The molecule has 2 aromatic rings. The van der Waals surface area contributed by atoms with Gasteiger partial charge < -0.3 is 19.7 Å². The van der Waals surface area contributed by atoms with Gasteiger partial charge in [-0.25, -0.2) is 9.78 Å². The van der Waals surface area contributed by atoms with Crippen molar-refractivity contribution in [1.82, 2.24) is 14.9 Å². The van der Waals surface area contributed by atoms with Crippen molar-refractivity contribution in [2.24, 2.45) is 0 Å². The Morgan fingerprint density at radius 1 is 1.32 bits per heavy atom. The van der Waals surface area contributed by atoms with Crippen molar-refractivity contribution < 1.29 is 14.3 Å². The van der Waals surface area contributed by atoms with E-state index in [4.69, 9.17) is 9.47 Å². The highest BCUT2D eigenvalue weighted by Gasteiger charge is 2.25. The van der Waals surface area contributed by atoms with Crippen molar-refractivity contribution >= 4 is 11.7 Å². The number of amides is 2. The summed E-state index contributed by atoms with van der Waals surface area (Å²) in [6, 6.07) is 7.22. The van der Waals surface area contributed by atoms with Crippen LogP contribution in [0.5, 0.6) is 11.6 Å². The molecule has 0 aliphatic carbocycles. The van der Waals surface area contributed by atoms with Crippen LogP contribution in [-0.2, 0) is 0 Å². The number of benzene rings is 1. The van der Waals surface area contributed by atoms with Crippen LogP contribution in [0.25, 0.3) is 0 Å². The molecule has 0 bridgehead atoms. The molecule has 1 unspecified atom stereocenters. The van der Waals surface area contributed by atoms with Gasteiger partial charge in [-0.3, -0.25) is 4.98 Å². The molecule has 25 heavy (non-hydrogen) atoms. The minimum absolute atomic E-state index is 0.0727. The average Bonchev–Trinajstić information content (AvgIpc) is 2.65. The summed E-state index contributed by atoms with van der Waals surface area (Å²) in [5.74, 6) is 1.28. The molecule has 7 heteroatoms. The van der Waals surface area contributed by atoms with Gasteiger partial charge in [0, 0.05) is 24.6 Å². The molecule has 2 heterocycles. The molecule has 2 amide bonds. The van der Waals surface area contributed by atoms with Crippen LogP contribution in [0.2, 0.25) is 0 Å². The molecular weight excluding hydrogens is 320 g/mol. The Labute approximate surface area is 147 Å². The summed E-state index contributed by atoms with van der Waals surface area (Å²) in [4.78, 5) is 22.3. The first-order chi connectivity index (χ1) is 12.2. The first kappa shape index (κ1) is 17.0. The number of hydrogen-bond donors (Lipinski definition) is 1. The van der Waals surface area contributed by atoms with Crippen LogP contribution in [0, 0.1) is 0 Å². The van der Waals surface area contributed by atoms with Crippen LogP contribution < -0.4 is 14.8 Å². The molecule has 1 aliphatic rings. The maximum absolute atomic E-state index is 12.5. The summed E-state index contributed by atoms with van der Waals surface area (Å²) in [5.41, 5.74) is 0.741. The minimum atomic E-state index is -0.128. The molecule has 1 N–H and O–H groups in total. The fourth-order valence-electron chi connectivity index (χ4n) is 2.74. The van der Waals surface area contributed by atoms with E-state index in [0.29, 0.717) is 25.6 Å². The number of nitrogens with one attached hydrogen (secondary N) is 1. The average molecular weight is 342 g/mol. The number of carbonyl (C=O) groups is 1. The summed E-state index contributed by atoms with van der Waals surface area (Å²) >= 11 is 0. The van der Waals surface area contributed by atoms with Crippen LogP contribution in [0.3, 0.4) is 0 Å². The van der Waals surface area contributed by atoms with Gasteiger partial charge in [0.25, 0.3) is 0 Å². The molecule has 1 aromatic heterocycles. The Kier molecular flexibility index (Phi) is 5.66. The number of likely N-dealkylation sites (tertiary alicyclic amines) is 1. The number of anilines is 1. The molecule has 0 spiro atoms. The summed E-state index contributed by atoms with van der Waals surface area (Å²) in [6.07, 6.45) is 6.49. The quantitative estimate of drug-likeness (QED) is 0.904. The first-order valence-corrected chi connectivity index (χ1v) is 8.46. The maximum Gasteiger partial charge on any atom is 0.321 e. The smallest absolute Gasteiger partial charge is 0.321 e. The number of piperidine rings is 1. The monoisotopic (exact) mass is 342 g/mol. The fraction of sp³-hybridized carbons (Fsp3) is 0.389. The molecule has 7 nitrogen and oxygen atoms in total. The van der Waals surface area contributed by atoms with Gasteiger partial charge in [0.05, 0.1) is 19.3 Å². The van der Waals surface area contributed by atoms with Gasteiger partial charge in [-0.05, 0) is 44.0 Å². The number of urea groups is 1. The van der Waals surface area contributed by atoms with E-state index in [1.807, 2.05) is 31.2 Å². The van der Waals surface area contributed by atoms with Gasteiger partial charge >= 0.3 is 6.03 Å². The second-order valence-electron chi connectivity index (χ2n) is 5.76. The van der Waals surface area contributed by atoms with Crippen molar-refractivity contribution in [3.05, 3.63) is 42.9 Å². The number of nitrogens with zero attached hydrogens (tertiary/aromatic N) is 3. The van der Waals surface area contributed by atoms with E-state index in [-0.39, 0.29) is 12.1 Å². The molecule has 1 aromatic carbocycles. The molecule has 1 atom stereocenters. The van der Waals surface area contributed by atoms with Gasteiger partial charge in [0.2, 0.25) is 5.88 Å². The molecular formula is C18H22N4O3. The van der Waals surface area contributed by atoms with E-state index in [1.165, 1.54) is 0 Å². The van der Waals surface area contributed by atoms with Gasteiger partial charge in [-0.15, -0.1) is 0 Å². The van der Waals surface area contributed by atoms with E-state index in [1.54, 1.807) is 23.5 Å². The summed E-state index contributed by atoms with van der Waals surface area (Å²) in [6.45, 7) is 3.79. The van der Waals surface area contributed by atoms with Gasteiger partial charge in [0.1, 0.15) is 11.9 Å². The van der Waals surface area contributed by atoms with E-state index >= 15 is 0 Å². The Bertz CT molecular complexity index is 678. The molecule has 3 rings (SSSR count). The lowest BCUT2D eigenvalue weighted by molar-refractivity contribution is 0.102. The lowest BCUT2D eigenvalue weighted by Crippen LogP contribution is -2.46. The normalized spacial score (nSPS) is 17.0. The predicted octanol–water partition coefficient (Wildman–Crippen LogP) is 2.95. The van der Waals surface area contributed by atoms with Crippen molar-refractivity contribution in [3.63, 3.8) is 0 Å².